The normalized spacial score (nSPS) is 18.6. The van der Waals surface area contributed by atoms with Gasteiger partial charge in [0.1, 0.15) is 0 Å². The van der Waals surface area contributed by atoms with Crippen LogP contribution in [0.3, 0.4) is 0 Å². The Kier molecular flexibility index (Phi) is 6.21. The Morgan fingerprint density at radius 2 is 2.00 bits per heavy atom. The number of ether oxygens (including phenoxy) is 1. The van der Waals surface area contributed by atoms with Gasteiger partial charge in [0.05, 0.1) is 13.2 Å². The van der Waals surface area contributed by atoms with Gasteiger partial charge >= 0.3 is 0 Å². The zero-order valence-electron chi connectivity index (χ0n) is 13.9. The van der Waals surface area contributed by atoms with E-state index in [2.05, 4.69) is 18.7 Å². The summed E-state index contributed by atoms with van der Waals surface area (Å²) in [6.45, 7) is 7.09. The van der Waals surface area contributed by atoms with Gasteiger partial charge in [0, 0.05) is 6.54 Å². The minimum atomic E-state index is -0.318. The maximum Gasteiger partial charge on any atom is 0.165 e. The molecule has 3 nitrogen and oxygen atoms in total. The van der Waals surface area contributed by atoms with Crippen molar-refractivity contribution in [1.82, 2.24) is 4.90 Å². The molecule has 0 amide bonds. The number of nitrogens with zero attached hydrogens (tertiary/aromatic N) is 1. The molecule has 0 bridgehead atoms. The lowest BCUT2D eigenvalue weighted by atomic mass is 9.87. The van der Waals surface area contributed by atoms with Crippen LogP contribution in [-0.2, 0) is 6.54 Å². The van der Waals surface area contributed by atoms with Gasteiger partial charge in [-0.15, -0.1) is 0 Å². The van der Waals surface area contributed by atoms with Gasteiger partial charge in [-0.2, -0.15) is 0 Å². The minimum Gasteiger partial charge on any atom is -0.494 e. The average Bonchev–Trinajstić information content (AvgIpc) is 2.49. The van der Waals surface area contributed by atoms with E-state index in [1.54, 1.807) is 6.07 Å². The van der Waals surface area contributed by atoms with Crippen LogP contribution in [0.1, 0.15) is 38.7 Å². The molecule has 1 aliphatic rings. The molecular weight excluding hydrogens is 281 g/mol. The third kappa shape index (κ3) is 4.68. The summed E-state index contributed by atoms with van der Waals surface area (Å²) in [6.07, 6.45) is 2.78. The number of rotatable bonds is 6. The Morgan fingerprint density at radius 1 is 1.32 bits per heavy atom. The molecule has 1 aromatic carbocycles. The molecule has 1 fully saturated rings. The van der Waals surface area contributed by atoms with Gasteiger partial charge in [-0.3, -0.25) is 4.90 Å². The summed E-state index contributed by atoms with van der Waals surface area (Å²) in [6, 6.07) is 5.06. The number of halogens is 1. The molecule has 22 heavy (non-hydrogen) atoms. The van der Waals surface area contributed by atoms with Crippen molar-refractivity contribution in [3.63, 3.8) is 0 Å². The third-order valence-electron chi connectivity index (χ3n) is 4.51. The summed E-state index contributed by atoms with van der Waals surface area (Å²) in [5.74, 6) is 0.947. The van der Waals surface area contributed by atoms with Crippen LogP contribution >= 0.6 is 0 Å². The molecule has 2 rings (SSSR count). The summed E-state index contributed by atoms with van der Waals surface area (Å²) < 4.78 is 18.5. The zero-order chi connectivity index (χ0) is 16.1. The standard InChI is InChI=1S/C18H28FNO2/c1-13(2)10-17(21)15-6-8-20(9-7-15)12-14-4-5-16(19)18(11-14)22-3/h4-5,11,13,15,17,21H,6-10,12H2,1-3H3/t17-/m1/s1. The Hall–Kier alpha value is -1.13. The minimum absolute atomic E-state index is 0.173. The van der Waals surface area contributed by atoms with Crippen LogP contribution in [0.5, 0.6) is 5.75 Å². The number of aliphatic hydroxyl groups excluding tert-OH is 1. The first kappa shape index (κ1) is 17.2. The summed E-state index contributed by atoms with van der Waals surface area (Å²) in [5.41, 5.74) is 1.07. The van der Waals surface area contributed by atoms with Crippen LogP contribution in [0.2, 0.25) is 0 Å². The number of hydrogen-bond acceptors (Lipinski definition) is 3. The molecule has 4 heteroatoms. The first-order chi connectivity index (χ1) is 10.5. The predicted octanol–water partition coefficient (Wildman–Crippen LogP) is 3.45. The molecule has 1 aromatic rings. The van der Waals surface area contributed by atoms with Gasteiger partial charge in [0.15, 0.2) is 11.6 Å². The monoisotopic (exact) mass is 309 g/mol. The summed E-state index contributed by atoms with van der Waals surface area (Å²) >= 11 is 0. The van der Waals surface area contributed by atoms with E-state index in [1.807, 2.05) is 6.07 Å². The van der Waals surface area contributed by atoms with Gasteiger partial charge in [-0.1, -0.05) is 19.9 Å². The van der Waals surface area contributed by atoms with Crippen LogP contribution < -0.4 is 4.74 Å². The zero-order valence-corrected chi connectivity index (χ0v) is 13.9. The molecule has 0 unspecified atom stereocenters. The second-order valence-corrected chi connectivity index (χ2v) is 6.78. The number of benzene rings is 1. The number of likely N-dealkylation sites (tertiary alicyclic amines) is 1. The summed E-state index contributed by atoms with van der Waals surface area (Å²) in [4.78, 5) is 2.37. The number of aliphatic hydroxyl groups is 1. The van der Waals surface area contributed by atoms with Gasteiger partial charge in [0.25, 0.3) is 0 Å². The first-order valence-electron chi connectivity index (χ1n) is 8.22. The van der Waals surface area contributed by atoms with E-state index in [1.165, 1.54) is 13.2 Å². The SMILES string of the molecule is COc1cc(CN2CCC([C@H](O)CC(C)C)CC2)ccc1F. The van der Waals surface area contributed by atoms with Crippen molar-refractivity contribution in [1.29, 1.82) is 0 Å². The molecule has 0 saturated carbocycles. The summed E-state index contributed by atoms with van der Waals surface area (Å²) in [7, 11) is 1.49. The second kappa shape index (κ2) is 7.93. The maximum atomic E-state index is 13.4. The fourth-order valence-corrected chi connectivity index (χ4v) is 3.23. The van der Waals surface area contributed by atoms with Crippen LogP contribution in [0, 0.1) is 17.7 Å². The molecular formula is C18H28FNO2. The van der Waals surface area contributed by atoms with E-state index in [0.717, 1.165) is 44.5 Å². The molecule has 0 spiro atoms. The van der Waals surface area contributed by atoms with Crippen molar-refractivity contribution >= 4 is 0 Å². The lowest BCUT2D eigenvalue weighted by Crippen LogP contribution is -2.37. The Labute approximate surface area is 133 Å². The van der Waals surface area contributed by atoms with Crippen LogP contribution in [0.15, 0.2) is 18.2 Å². The van der Waals surface area contributed by atoms with Gasteiger partial charge < -0.3 is 9.84 Å². The predicted molar refractivity (Wildman–Crippen MR) is 86.4 cm³/mol. The highest BCUT2D eigenvalue weighted by molar-refractivity contribution is 5.30. The van der Waals surface area contributed by atoms with Crippen molar-refractivity contribution in [2.75, 3.05) is 20.2 Å². The van der Waals surface area contributed by atoms with E-state index < -0.39 is 0 Å². The van der Waals surface area contributed by atoms with E-state index in [9.17, 15) is 9.50 Å². The second-order valence-electron chi connectivity index (χ2n) is 6.78. The lowest BCUT2D eigenvalue weighted by Gasteiger charge is -2.34. The molecule has 1 N–H and O–H groups in total. The van der Waals surface area contributed by atoms with Crippen molar-refractivity contribution in [3.05, 3.63) is 29.6 Å². The van der Waals surface area contributed by atoms with E-state index in [-0.39, 0.29) is 11.9 Å². The Bertz CT molecular complexity index is 470. The fourth-order valence-electron chi connectivity index (χ4n) is 3.23. The molecule has 1 saturated heterocycles. The first-order valence-corrected chi connectivity index (χ1v) is 8.22. The van der Waals surface area contributed by atoms with E-state index >= 15 is 0 Å². The maximum absolute atomic E-state index is 13.4. The van der Waals surface area contributed by atoms with Gasteiger partial charge in [-0.25, -0.2) is 4.39 Å². The Balaban J connectivity index is 1.85. The lowest BCUT2D eigenvalue weighted by molar-refractivity contribution is 0.0436. The smallest absolute Gasteiger partial charge is 0.165 e. The number of methoxy groups -OCH3 is 1. The average molecular weight is 309 g/mol. The van der Waals surface area contributed by atoms with Gasteiger partial charge in [0.2, 0.25) is 0 Å². The van der Waals surface area contributed by atoms with Crippen molar-refractivity contribution in [3.8, 4) is 5.75 Å². The fraction of sp³-hybridized carbons (Fsp3) is 0.667. The van der Waals surface area contributed by atoms with Crippen molar-refractivity contribution < 1.29 is 14.2 Å². The summed E-state index contributed by atoms with van der Waals surface area (Å²) in [5, 5.41) is 10.2. The van der Waals surface area contributed by atoms with Crippen LogP contribution in [-0.4, -0.2) is 36.3 Å². The van der Waals surface area contributed by atoms with Crippen LogP contribution in [0.25, 0.3) is 0 Å². The highest BCUT2D eigenvalue weighted by Gasteiger charge is 2.25. The molecule has 1 atom stereocenters. The molecule has 0 aliphatic carbocycles. The molecule has 1 aliphatic heterocycles. The Morgan fingerprint density at radius 3 is 2.59 bits per heavy atom. The largest absolute Gasteiger partial charge is 0.494 e. The molecule has 0 radical (unpaired) electrons. The molecule has 0 aromatic heterocycles. The molecule has 124 valence electrons. The quantitative estimate of drug-likeness (QED) is 0.873. The third-order valence-corrected chi connectivity index (χ3v) is 4.51. The van der Waals surface area contributed by atoms with Crippen molar-refractivity contribution in [2.24, 2.45) is 11.8 Å². The van der Waals surface area contributed by atoms with Crippen LogP contribution in [0.4, 0.5) is 4.39 Å². The number of hydrogen-bond donors (Lipinski definition) is 1. The highest BCUT2D eigenvalue weighted by atomic mass is 19.1. The van der Waals surface area contributed by atoms with E-state index in [4.69, 9.17) is 4.74 Å². The molecule has 1 heterocycles. The number of piperidine rings is 1. The van der Waals surface area contributed by atoms with E-state index in [0.29, 0.717) is 17.6 Å². The highest BCUT2D eigenvalue weighted by Crippen LogP contribution is 2.26. The van der Waals surface area contributed by atoms with Gasteiger partial charge in [-0.05, 0) is 61.9 Å². The van der Waals surface area contributed by atoms with Crippen molar-refractivity contribution in [2.45, 2.75) is 45.8 Å². The topological polar surface area (TPSA) is 32.7 Å².